The van der Waals surface area contributed by atoms with Crippen LogP contribution in [0.5, 0.6) is 0 Å². The number of aliphatic hydroxyl groups is 1. The Morgan fingerprint density at radius 2 is 2.03 bits per heavy atom. The monoisotopic (exact) mass is 456 g/mol. The van der Waals surface area contributed by atoms with Crippen LogP contribution in [0.2, 0.25) is 5.02 Å². The molecular weight excluding hydrogens is 432 g/mol. The molecule has 32 heavy (non-hydrogen) atoms. The number of carbonyl (C=O) groups is 2. The number of amides is 2. The van der Waals surface area contributed by atoms with E-state index in [0.29, 0.717) is 18.0 Å². The molecule has 0 aliphatic heterocycles. The average molecular weight is 457 g/mol. The quantitative estimate of drug-likeness (QED) is 0.368. The minimum Gasteiger partial charge on any atom is -0.506 e. The fourth-order valence-electron chi connectivity index (χ4n) is 3.88. The number of nitriles is 1. The van der Waals surface area contributed by atoms with E-state index in [2.05, 4.69) is 10.5 Å². The van der Waals surface area contributed by atoms with Crippen LogP contribution in [0.15, 0.2) is 34.5 Å². The molecule has 0 radical (unpaired) electrons. The molecule has 3 rings (SSSR count). The van der Waals surface area contributed by atoms with Crippen molar-refractivity contribution in [3.8, 4) is 6.07 Å². The van der Waals surface area contributed by atoms with Gasteiger partial charge in [0, 0.05) is 19.3 Å². The van der Waals surface area contributed by atoms with Crippen LogP contribution in [0.3, 0.4) is 0 Å². The average Bonchev–Trinajstić information content (AvgIpc) is 3.20. The van der Waals surface area contributed by atoms with E-state index in [4.69, 9.17) is 16.1 Å². The van der Waals surface area contributed by atoms with Crippen molar-refractivity contribution in [3.63, 3.8) is 0 Å². The van der Waals surface area contributed by atoms with Crippen LogP contribution in [-0.4, -0.2) is 40.6 Å². The highest BCUT2D eigenvalue weighted by Crippen LogP contribution is 2.27. The van der Waals surface area contributed by atoms with E-state index in [1.165, 1.54) is 43.7 Å². The van der Waals surface area contributed by atoms with Crippen LogP contribution >= 0.6 is 11.6 Å². The Bertz CT molecular complexity index is 1080. The Labute approximate surface area is 191 Å². The Kier molecular flexibility index (Phi) is 7.54. The van der Waals surface area contributed by atoms with Crippen molar-refractivity contribution in [3.05, 3.63) is 51.9 Å². The van der Waals surface area contributed by atoms with E-state index in [-0.39, 0.29) is 27.9 Å². The zero-order chi connectivity index (χ0) is 23.3. The fraction of sp³-hybridized carbons (Fsp3) is 0.391. The number of benzene rings is 1. The van der Waals surface area contributed by atoms with Gasteiger partial charge in [0.2, 0.25) is 0 Å². The van der Waals surface area contributed by atoms with Crippen LogP contribution in [-0.2, 0) is 4.79 Å². The highest BCUT2D eigenvalue weighted by molar-refractivity contribution is 6.34. The highest BCUT2D eigenvalue weighted by atomic mass is 35.5. The lowest BCUT2D eigenvalue weighted by Gasteiger charge is -2.27. The second kappa shape index (κ2) is 10.3. The molecule has 168 valence electrons. The molecule has 0 bridgehead atoms. The highest BCUT2D eigenvalue weighted by Gasteiger charge is 2.23. The van der Waals surface area contributed by atoms with Gasteiger partial charge < -0.3 is 19.8 Å². The van der Waals surface area contributed by atoms with Crippen LogP contribution < -0.4 is 5.32 Å². The lowest BCUT2D eigenvalue weighted by atomic mass is 9.89. The Morgan fingerprint density at radius 3 is 2.62 bits per heavy atom. The second-order valence-electron chi connectivity index (χ2n) is 7.97. The summed E-state index contributed by atoms with van der Waals surface area (Å²) in [6.45, 7) is 2.23. The predicted molar refractivity (Wildman–Crippen MR) is 120 cm³/mol. The predicted octanol–water partition coefficient (Wildman–Crippen LogP) is 4.72. The molecular formula is C23H25ClN4O4. The number of hydrogen-bond donors (Lipinski definition) is 2. The molecule has 1 aromatic carbocycles. The lowest BCUT2D eigenvalue weighted by Crippen LogP contribution is -2.32. The topological polar surface area (TPSA) is 119 Å². The van der Waals surface area contributed by atoms with Gasteiger partial charge in [-0.05, 0) is 43.9 Å². The summed E-state index contributed by atoms with van der Waals surface area (Å²) in [6, 6.07) is 6.20. The summed E-state index contributed by atoms with van der Waals surface area (Å²) < 4.78 is 4.86. The largest absolute Gasteiger partial charge is 0.506 e. The third-order valence-corrected chi connectivity index (χ3v) is 5.96. The molecule has 2 N–H and O–H groups in total. The van der Waals surface area contributed by atoms with Crippen LogP contribution in [0.4, 0.5) is 5.69 Å². The van der Waals surface area contributed by atoms with Gasteiger partial charge in [-0.2, -0.15) is 5.26 Å². The van der Waals surface area contributed by atoms with E-state index >= 15 is 0 Å². The third-order valence-electron chi connectivity index (χ3n) is 5.64. The molecule has 1 fully saturated rings. The number of aromatic nitrogens is 1. The molecule has 1 heterocycles. The van der Waals surface area contributed by atoms with Gasteiger partial charge in [0.05, 0.1) is 22.3 Å². The number of rotatable bonds is 6. The van der Waals surface area contributed by atoms with Gasteiger partial charge in [0.1, 0.15) is 11.8 Å². The number of carbonyl (C=O) groups excluding carboxylic acids is 2. The molecule has 9 heteroatoms. The van der Waals surface area contributed by atoms with E-state index in [9.17, 15) is 20.0 Å². The van der Waals surface area contributed by atoms with Crippen molar-refractivity contribution >= 4 is 34.9 Å². The molecule has 1 aliphatic carbocycles. The van der Waals surface area contributed by atoms with Gasteiger partial charge in [-0.1, -0.05) is 36.0 Å². The molecule has 1 aliphatic rings. The maximum absolute atomic E-state index is 12.8. The number of halogens is 1. The Morgan fingerprint density at radius 1 is 1.31 bits per heavy atom. The number of anilines is 1. The second-order valence-corrected chi connectivity index (χ2v) is 8.38. The molecule has 0 saturated heterocycles. The minimum atomic E-state index is -0.824. The zero-order valence-electron chi connectivity index (χ0n) is 18.0. The first-order chi connectivity index (χ1) is 15.3. The summed E-state index contributed by atoms with van der Waals surface area (Å²) in [6.07, 6.45) is 7.14. The van der Waals surface area contributed by atoms with Gasteiger partial charge in [-0.25, -0.2) is 0 Å². The number of hydrogen-bond acceptors (Lipinski definition) is 6. The first kappa shape index (κ1) is 23.4. The number of aryl methyl sites for hydroxylation is 1. The standard InChI is InChI=1S/C23H25ClN4O4/c1-14-19(12-26-32-14)21(29)18(11-25)22(30)27-16-8-9-17(20(24)10-16)23(31)28(2)13-15-6-4-3-5-7-15/h8-10,12,15,29H,3-7,13H2,1-2H3,(H,27,30)/b21-18-. The molecule has 0 atom stereocenters. The molecule has 0 unspecified atom stereocenters. The van der Waals surface area contributed by atoms with E-state index in [0.717, 1.165) is 12.8 Å². The van der Waals surface area contributed by atoms with Crippen molar-refractivity contribution in [1.82, 2.24) is 10.1 Å². The smallest absolute Gasteiger partial charge is 0.270 e. The first-order valence-electron chi connectivity index (χ1n) is 10.4. The van der Waals surface area contributed by atoms with Gasteiger partial charge in [0.15, 0.2) is 11.3 Å². The summed E-state index contributed by atoms with van der Waals surface area (Å²) in [4.78, 5) is 27.1. The van der Waals surface area contributed by atoms with Crippen LogP contribution in [0.25, 0.3) is 5.76 Å². The first-order valence-corrected chi connectivity index (χ1v) is 10.8. The summed E-state index contributed by atoms with van der Waals surface area (Å²) in [7, 11) is 1.77. The molecule has 1 aromatic heterocycles. The minimum absolute atomic E-state index is 0.150. The van der Waals surface area contributed by atoms with Crippen molar-refractivity contribution < 1.29 is 19.2 Å². The zero-order valence-corrected chi connectivity index (χ0v) is 18.8. The molecule has 1 saturated carbocycles. The SMILES string of the molecule is Cc1oncc1/C(O)=C(\C#N)C(=O)Nc1ccc(C(=O)N(C)CC2CCCCC2)c(Cl)c1. The van der Waals surface area contributed by atoms with Gasteiger partial charge in [-0.3, -0.25) is 9.59 Å². The molecule has 2 amide bonds. The Balaban J connectivity index is 1.71. The summed E-state index contributed by atoms with van der Waals surface area (Å²) in [5.41, 5.74) is 0.271. The number of aliphatic hydroxyl groups excluding tert-OH is 1. The van der Waals surface area contributed by atoms with Crippen molar-refractivity contribution in [2.24, 2.45) is 5.92 Å². The third kappa shape index (κ3) is 5.29. The number of nitrogens with zero attached hydrogens (tertiary/aromatic N) is 3. The lowest BCUT2D eigenvalue weighted by molar-refractivity contribution is -0.112. The van der Waals surface area contributed by atoms with Crippen molar-refractivity contribution in [2.45, 2.75) is 39.0 Å². The maximum atomic E-state index is 12.8. The van der Waals surface area contributed by atoms with E-state index in [1.807, 2.05) is 0 Å². The normalized spacial score (nSPS) is 14.9. The molecule has 8 nitrogen and oxygen atoms in total. The molecule has 0 spiro atoms. The van der Waals surface area contributed by atoms with Gasteiger partial charge >= 0.3 is 0 Å². The summed E-state index contributed by atoms with van der Waals surface area (Å²) >= 11 is 6.33. The van der Waals surface area contributed by atoms with Gasteiger partial charge in [-0.15, -0.1) is 0 Å². The fourth-order valence-corrected chi connectivity index (χ4v) is 4.14. The van der Waals surface area contributed by atoms with Crippen LogP contribution in [0.1, 0.15) is 53.8 Å². The molecule has 2 aromatic rings. The van der Waals surface area contributed by atoms with Crippen LogP contribution in [0, 0.1) is 24.2 Å². The van der Waals surface area contributed by atoms with E-state index < -0.39 is 17.2 Å². The van der Waals surface area contributed by atoms with Crippen molar-refractivity contribution in [2.75, 3.05) is 18.9 Å². The summed E-state index contributed by atoms with van der Waals surface area (Å²) in [5.74, 6) is -0.767. The van der Waals surface area contributed by atoms with Crippen molar-refractivity contribution in [1.29, 1.82) is 5.26 Å². The van der Waals surface area contributed by atoms with E-state index in [1.54, 1.807) is 24.9 Å². The van der Waals surface area contributed by atoms with Gasteiger partial charge in [0.25, 0.3) is 11.8 Å². The maximum Gasteiger partial charge on any atom is 0.270 e. The number of nitrogens with one attached hydrogen (secondary N) is 1. The summed E-state index contributed by atoms with van der Waals surface area (Å²) in [5, 5.41) is 25.9. The Hall–Kier alpha value is -3.31.